The lowest BCUT2D eigenvalue weighted by atomic mass is 9.93. The first-order valence-electron chi connectivity index (χ1n) is 7.92. The Bertz CT molecular complexity index is 738. The van der Waals surface area contributed by atoms with Crippen LogP contribution in [0.25, 0.3) is 10.9 Å². The number of phenols is 1. The van der Waals surface area contributed by atoms with Crippen molar-refractivity contribution < 1.29 is 10.2 Å². The van der Waals surface area contributed by atoms with Crippen LogP contribution in [0.1, 0.15) is 43.0 Å². The molecule has 4 nitrogen and oxygen atoms in total. The Morgan fingerprint density at radius 1 is 1.29 bits per heavy atom. The molecule has 1 saturated carbocycles. The highest BCUT2D eigenvalue weighted by Crippen LogP contribution is 2.53. The number of aliphatic hydroxyl groups excluding tert-OH is 1. The number of aliphatic hydroxyl groups is 1. The predicted molar refractivity (Wildman–Crippen MR) is 80.3 cm³/mol. The molecule has 1 saturated heterocycles. The molecule has 0 spiro atoms. The van der Waals surface area contributed by atoms with E-state index in [0.29, 0.717) is 12.0 Å². The third-order valence-electron chi connectivity index (χ3n) is 6.02. The Balaban J connectivity index is 1.80. The van der Waals surface area contributed by atoms with Gasteiger partial charge >= 0.3 is 0 Å². The smallest absolute Gasteiger partial charge is 0.116 e. The van der Waals surface area contributed by atoms with Crippen LogP contribution >= 0.6 is 0 Å². The van der Waals surface area contributed by atoms with Gasteiger partial charge < -0.3 is 15.2 Å². The maximum absolute atomic E-state index is 10.9. The molecule has 5 rings (SSSR count). The van der Waals surface area contributed by atoms with Crippen molar-refractivity contribution in [2.75, 3.05) is 6.54 Å². The van der Waals surface area contributed by atoms with Gasteiger partial charge in [-0.15, -0.1) is 0 Å². The molecule has 4 heteroatoms. The molecule has 110 valence electrons. The summed E-state index contributed by atoms with van der Waals surface area (Å²) in [7, 11) is 0. The van der Waals surface area contributed by atoms with Crippen LogP contribution in [0.2, 0.25) is 0 Å². The number of hydrogen-bond donors (Lipinski definition) is 3. The molecule has 3 N–H and O–H groups in total. The van der Waals surface area contributed by atoms with Gasteiger partial charge in [-0.25, -0.2) is 0 Å². The first-order valence-corrected chi connectivity index (χ1v) is 7.92. The largest absolute Gasteiger partial charge is 0.508 e. The second-order valence-corrected chi connectivity index (χ2v) is 7.08. The summed E-state index contributed by atoms with van der Waals surface area (Å²) in [4.78, 5) is 6.05. The number of H-pyrrole nitrogens is 1. The van der Waals surface area contributed by atoms with Crippen molar-refractivity contribution in [3.63, 3.8) is 0 Å². The van der Waals surface area contributed by atoms with E-state index in [0.717, 1.165) is 28.9 Å². The Kier molecular flexibility index (Phi) is 2.19. The molecule has 1 unspecified atom stereocenters. The standard InChI is InChI=1S/C17H20N2O2/c1-8-17(21)15-11-6-10(20)2-3-13(11)18-16(15)12-4-9-5-14(12)19(8)7-9/h2-3,6,8-9,12,14,17-18,20-21H,4-5,7H2,1H3/t8-,9-,12-,14?,17+/m1/s1. The van der Waals surface area contributed by atoms with E-state index in [1.165, 1.54) is 18.5 Å². The highest BCUT2D eigenvalue weighted by atomic mass is 16.3. The topological polar surface area (TPSA) is 59.5 Å². The second kappa shape index (κ2) is 3.81. The van der Waals surface area contributed by atoms with E-state index in [1.54, 1.807) is 12.1 Å². The summed E-state index contributed by atoms with van der Waals surface area (Å²) >= 11 is 0. The van der Waals surface area contributed by atoms with E-state index in [2.05, 4.69) is 16.8 Å². The van der Waals surface area contributed by atoms with E-state index in [-0.39, 0.29) is 11.8 Å². The summed E-state index contributed by atoms with van der Waals surface area (Å²) in [6, 6.07) is 6.13. The van der Waals surface area contributed by atoms with Gasteiger partial charge in [0.15, 0.2) is 0 Å². The number of aromatic amines is 1. The number of nitrogens with zero attached hydrogens (tertiary/aromatic N) is 1. The zero-order valence-corrected chi connectivity index (χ0v) is 12.1. The maximum atomic E-state index is 10.9. The number of aromatic nitrogens is 1. The Morgan fingerprint density at radius 2 is 2.14 bits per heavy atom. The van der Waals surface area contributed by atoms with Crippen LogP contribution in [0.15, 0.2) is 18.2 Å². The minimum atomic E-state index is -0.486. The van der Waals surface area contributed by atoms with Gasteiger partial charge in [-0.3, -0.25) is 4.90 Å². The van der Waals surface area contributed by atoms with Crippen LogP contribution in [0.5, 0.6) is 5.75 Å². The molecule has 2 aromatic rings. The Hall–Kier alpha value is -1.52. The highest BCUT2D eigenvalue weighted by molar-refractivity contribution is 5.87. The average molecular weight is 284 g/mol. The van der Waals surface area contributed by atoms with Gasteiger partial charge in [-0.1, -0.05) is 0 Å². The van der Waals surface area contributed by atoms with Crippen LogP contribution in [0.4, 0.5) is 0 Å². The van der Waals surface area contributed by atoms with Crippen LogP contribution in [-0.2, 0) is 0 Å². The zero-order valence-electron chi connectivity index (χ0n) is 12.1. The highest BCUT2D eigenvalue weighted by Gasteiger charge is 2.52. The van der Waals surface area contributed by atoms with Crippen molar-refractivity contribution >= 4 is 10.9 Å². The number of aromatic hydroxyl groups is 1. The fourth-order valence-electron chi connectivity index (χ4n) is 5.10. The normalized spacial score (nSPS) is 37.9. The molecule has 1 aromatic carbocycles. The van der Waals surface area contributed by atoms with Crippen molar-refractivity contribution in [2.24, 2.45) is 5.92 Å². The van der Waals surface area contributed by atoms with Gasteiger partial charge in [0.25, 0.3) is 0 Å². The van der Waals surface area contributed by atoms with E-state index in [9.17, 15) is 10.2 Å². The second-order valence-electron chi connectivity index (χ2n) is 7.08. The van der Waals surface area contributed by atoms with Crippen molar-refractivity contribution in [3.05, 3.63) is 29.5 Å². The fourth-order valence-corrected chi connectivity index (χ4v) is 5.10. The molecule has 21 heavy (non-hydrogen) atoms. The van der Waals surface area contributed by atoms with Gasteiger partial charge in [0, 0.05) is 46.7 Å². The monoisotopic (exact) mass is 284 g/mol. The van der Waals surface area contributed by atoms with Crippen LogP contribution in [0.3, 0.4) is 0 Å². The number of fused-ring (bicyclic) bond motifs is 5. The van der Waals surface area contributed by atoms with Gasteiger partial charge in [0.1, 0.15) is 5.75 Å². The van der Waals surface area contributed by atoms with E-state index < -0.39 is 6.10 Å². The maximum Gasteiger partial charge on any atom is 0.116 e. The zero-order chi connectivity index (χ0) is 14.3. The molecule has 1 aromatic heterocycles. The molecular weight excluding hydrogens is 264 g/mol. The molecule has 0 amide bonds. The summed E-state index contributed by atoms with van der Waals surface area (Å²) in [5.41, 5.74) is 3.26. The third-order valence-corrected chi connectivity index (χ3v) is 6.02. The summed E-state index contributed by atoms with van der Waals surface area (Å²) in [5.74, 6) is 1.55. The SMILES string of the molecule is C[C@@H]1[C@H](O)c2c([nH]c3ccc(O)cc23)[C@@H]2C[C@@H]3CC2N1C3. The number of rotatable bonds is 0. The van der Waals surface area contributed by atoms with Gasteiger partial charge in [0.2, 0.25) is 0 Å². The van der Waals surface area contributed by atoms with Crippen molar-refractivity contribution in [3.8, 4) is 5.75 Å². The van der Waals surface area contributed by atoms with Crippen molar-refractivity contribution in [2.45, 2.75) is 43.9 Å². The minimum Gasteiger partial charge on any atom is -0.508 e. The molecule has 3 aliphatic rings. The lowest BCUT2D eigenvalue weighted by Gasteiger charge is -2.35. The molecule has 2 aliphatic heterocycles. The minimum absolute atomic E-state index is 0.144. The van der Waals surface area contributed by atoms with Crippen LogP contribution < -0.4 is 0 Å². The van der Waals surface area contributed by atoms with Crippen molar-refractivity contribution in [1.29, 1.82) is 0 Å². The molecule has 5 atom stereocenters. The summed E-state index contributed by atoms with van der Waals surface area (Å²) in [6.45, 7) is 3.27. The summed E-state index contributed by atoms with van der Waals surface area (Å²) in [6.07, 6.45) is 2.01. The molecule has 2 fully saturated rings. The molecule has 1 aliphatic carbocycles. The Labute approximate surface area is 123 Å². The van der Waals surface area contributed by atoms with Crippen LogP contribution in [-0.4, -0.2) is 38.7 Å². The number of hydrogen-bond acceptors (Lipinski definition) is 3. The van der Waals surface area contributed by atoms with Gasteiger partial charge in [-0.2, -0.15) is 0 Å². The first kappa shape index (κ1) is 12.1. The molecule has 3 heterocycles. The fraction of sp³-hybridized carbons (Fsp3) is 0.529. The van der Waals surface area contributed by atoms with E-state index >= 15 is 0 Å². The number of phenolic OH excluding ortho intramolecular Hbond substituents is 1. The molecule has 0 radical (unpaired) electrons. The predicted octanol–water partition coefficient (Wildman–Crippen LogP) is 2.49. The first-order chi connectivity index (χ1) is 10.1. The lowest BCUT2D eigenvalue weighted by molar-refractivity contribution is 0.0453. The molecular formula is C17H20N2O2. The molecule has 2 bridgehead atoms. The van der Waals surface area contributed by atoms with E-state index in [4.69, 9.17) is 0 Å². The average Bonchev–Trinajstić information content (AvgIpc) is 3.14. The number of piperidine rings is 1. The van der Waals surface area contributed by atoms with Crippen LogP contribution in [0, 0.1) is 5.92 Å². The van der Waals surface area contributed by atoms with Gasteiger partial charge in [-0.05, 0) is 43.9 Å². The lowest BCUT2D eigenvalue weighted by Crippen LogP contribution is -2.43. The van der Waals surface area contributed by atoms with E-state index in [1.807, 2.05) is 6.07 Å². The summed E-state index contributed by atoms with van der Waals surface area (Å²) < 4.78 is 0. The quantitative estimate of drug-likeness (QED) is 0.696. The number of nitrogens with one attached hydrogen (secondary N) is 1. The number of benzene rings is 1. The Morgan fingerprint density at radius 3 is 2.95 bits per heavy atom. The third kappa shape index (κ3) is 1.42. The summed E-state index contributed by atoms with van der Waals surface area (Å²) in [5, 5.41) is 21.7. The van der Waals surface area contributed by atoms with Gasteiger partial charge in [0.05, 0.1) is 6.10 Å². The van der Waals surface area contributed by atoms with Crippen molar-refractivity contribution in [1.82, 2.24) is 9.88 Å².